The van der Waals surface area contributed by atoms with Gasteiger partial charge in [0, 0.05) is 6.54 Å². The Morgan fingerprint density at radius 1 is 1.25 bits per heavy atom. The Morgan fingerprint density at radius 2 is 2.07 bits per heavy atom. The maximum absolute atomic E-state index is 13.0. The summed E-state index contributed by atoms with van der Waals surface area (Å²) in [5, 5.41) is 2.75. The molecule has 0 radical (unpaired) electrons. The number of hydrogen-bond acceptors (Lipinski definition) is 5. The molecule has 6 nitrogen and oxygen atoms in total. The van der Waals surface area contributed by atoms with Crippen LogP contribution in [0.1, 0.15) is 42.7 Å². The third kappa shape index (κ3) is 3.63. The van der Waals surface area contributed by atoms with Gasteiger partial charge in [0.2, 0.25) is 0 Å². The number of amides is 2. The van der Waals surface area contributed by atoms with Crippen molar-refractivity contribution in [1.29, 1.82) is 0 Å². The van der Waals surface area contributed by atoms with Gasteiger partial charge in [0.15, 0.2) is 0 Å². The van der Waals surface area contributed by atoms with Crippen LogP contribution >= 0.6 is 22.9 Å². The first-order valence-electron chi connectivity index (χ1n) is 8.70. The van der Waals surface area contributed by atoms with Crippen molar-refractivity contribution in [3.63, 3.8) is 0 Å². The third-order valence-corrected chi connectivity index (χ3v) is 5.65. The Labute approximate surface area is 171 Å². The number of thiophene rings is 1. The van der Waals surface area contributed by atoms with Crippen LogP contribution in [0.15, 0.2) is 36.4 Å². The summed E-state index contributed by atoms with van der Waals surface area (Å²) in [7, 11) is 0. The summed E-state index contributed by atoms with van der Waals surface area (Å²) in [6, 6.07) is 11.3. The lowest BCUT2D eigenvalue weighted by molar-refractivity contribution is 0.0767. The molecule has 142 valence electrons. The first-order valence-corrected chi connectivity index (χ1v) is 9.89. The Bertz CT molecular complexity index is 1100. The highest BCUT2D eigenvalue weighted by Gasteiger charge is 2.33. The van der Waals surface area contributed by atoms with Crippen molar-refractivity contribution in [3.05, 3.63) is 73.8 Å². The molecular formula is C20H17ClN4O2S. The van der Waals surface area contributed by atoms with E-state index in [9.17, 15) is 9.59 Å². The standard InChI is InChI=1S/C20H17ClN4O2S/c1-11-4-3-5-13(8-11)9-25-10-14-17(20(25)27)18(23-12(2)22-14)24-19(26)15-6-7-16(21)28-15/h3-8H,9-10H2,1-2H3,(H,22,23,24,26). The molecule has 8 heteroatoms. The molecule has 0 unspecified atom stereocenters. The van der Waals surface area contributed by atoms with Crippen LogP contribution in [0.2, 0.25) is 4.34 Å². The lowest BCUT2D eigenvalue weighted by atomic mass is 10.1. The van der Waals surface area contributed by atoms with Crippen LogP contribution in [0.3, 0.4) is 0 Å². The number of aryl methyl sites for hydroxylation is 2. The van der Waals surface area contributed by atoms with Gasteiger partial charge in [-0.2, -0.15) is 0 Å². The second-order valence-corrected chi connectivity index (χ2v) is 8.36. The largest absolute Gasteiger partial charge is 0.328 e. The Morgan fingerprint density at radius 3 is 2.79 bits per heavy atom. The highest BCUT2D eigenvalue weighted by Crippen LogP contribution is 2.29. The van der Waals surface area contributed by atoms with Gasteiger partial charge < -0.3 is 10.2 Å². The van der Waals surface area contributed by atoms with Gasteiger partial charge in [-0.05, 0) is 31.5 Å². The maximum Gasteiger partial charge on any atom is 0.266 e. The molecule has 2 aromatic heterocycles. The Balaban J connectivity index is 1.61. The van der Waals surface area contributed by atoms with Gasteiger partial charge in [0.1, 0.15) is 17.2 Å². The zero-order chi connectivity index (χ0) is 19.8. The topological polar surface area (TPSA) is 75.2 Å². The summed E-state index contributed by atoms with van der Waals surface area (Å²) in [6.45, 7) is 4.62. The summed E-state index contributed by atoms with van der Waals surface area (Å²) in [5.41, 5.74) is 3.17. The quantitative estimate of drug-likeness (QED) is 0.696. The molecule has 0 aliphatic carbocycles. The molecule has 4 rings (SSSR count). The summed E-state index contributed by atoms with van der Waals surface area (Å²) < 4.78 is 0.523. The number of nitrogens with one attached hydrogen (secondary N) is 1. The molecule has 0 saturated carbocycles. The number of rotatable bonds is 4. The molecule has 3 aromatic rings. The van der Waals surface area contributed by atoms with Crippen LogP contribution in [-0.2, 0) is 13.1 Å². The molecule has 0 bridgehead atoms. The fourth-order valence-corrected chi connectivity index (χ4v) is 4.17. The van der Waals surface area contributed by atoms with Crippen molar-refractivity contribution in [3.8, 4) is 0 Å². The second-order valence-electron chi connectivity index (χ2n) is 6.65. The molecule has 0 spiro atoms. The molecule has 0 atom stereocenters. The summed E-state index contributed by atoms with van der Waals surface area (Å²) in [4.78, 5) is 36.4. The number of halogens is 1. The molecule has 1 aromatic carbocycles. The number of aromatic nitrogens is 2. The van der Waals surface area contributed by atoms with Crippen molar-refractivity contribution >= 4 is 40.6 Å². The van der Waals surface area contributed by atoms with Gasteiger partial charge in [-0.15, -0.1) is 11.3 Å². The Hall–Kier alpha value is -2.77. The van der Waals surface area contributed by atoms with Gasteiger partial charge in [-0.25, -0.2) is 9.97 Å². The highest BCUT2D eigenvalue weighted by molar-refractivity contribution is 7.18. The van der Waals surface area contributed by atoms with Crippen molar-refractivity contribution in [1.82, 2.24) is 14.9 Å². The van der Waals surface area contributed by atoms with Gasteiger partial charge >= 0.3 is 0 Å². The normalized spacial score (nSPS) is 13.0. The number of carbonyl (C=O) groups is 2. The molecule has 0 fully saturated rings. The first kappa shape index (κ1) is 18.6. The van der Waals surface area contributed by atoms with Crippen molar-refractivity contribution in [2.24, 2.45) is 0 Å². The van der Waals surface area contributed by atoms with E-state index in [0.29, 0.717) is 39.4 Å². The van der Waals surface area contributed by atoms with Crippen molar-refractivity contribution in [2.45, 2.75) is 26.9 Å². The van der Waals surface area contributed by atoms with Crippen LogP contribution in [0.25, 0.3) is 0 Å². The molecule has 1 N–H and O–H groups in total. The predicted octanol–water partition coefficient (Wildman–Crippen LogP) is 4.22. The van der Waals surface area contributed by atoms with Gasteiger partial charge in [0.05, 0.1) is 21.5 Å². The van der Waals surface area contributed by atoms with Crippen LogP contribution in [0.5, 0.6) is 0 Å². The fraction of sp³-hybridized carbons (Fsp3) is 0.200. The first-order chi connectivity index (χ1) is 13.4. The zero-order valence-electron chi connectivity index (χ0n) is 15.3. The molecule has 3 heterocycles. The lowest BCUT2D eigenvalue weighted by Gasteiger charge is -2.15. The fourth-order valence-electron chi connectivity index (χ4n) is 3.23. The van der Waals surface area contributed by atoms with Crippen molar-refractivity contribution < 1.29 is 9.59 Å². The molecule has 0 saturated heterocycles. The van der Waals surface area contributed by atoms with Crippen LogP contribution in [-0.4, -0.2) is 26.7 Å². The SMILES string of the molecule is Cc1cccc(CN2Cc3nc(C)nc(NC(=O)c4ccc(Cl)s4)c3C2=O)c1. The van der Waals surface area contributed by atoms with Crippen molar-refractivity contribution in [2.75, 3.05) is 5.32 Å². The van der Waals surface area contributed by atoms with E-state index in [1.165, 1.54) is 11.3 Å². The van der Waals surface area contributed by atoms with E-state index < -0.39 is 0 Å². The number of carbonyl (C=O) groups excluding carboxylic acids is 2. The summed E-state index contributed by atoms with van der Waals surface area (Å²) >= 11 is 7.08. The van der Waals surface area contributed by atoms with Crippen LogP contribution in [0, 0.1) is 13.8 Å². The van der Waals surface area contributed by atoms with Gasteiger partial charge in [-0.1, -0.05) is 41.4 Å². The highest BCUT2D eigenvalue weighted by atomic mass is 35.5. The van der Waals surface area contributed by atoms with E-state index in [4.69, 9.17) is 11.6 Å². The number of fused-ring (bicyclic) bond motifs is 1. The lowest BCUT2D eigenvalue weighted by Crippen LogP contribution is -2.24. The van der Waals surface area contributed by atoms with E-state index in [2.05, 4.69) is 21.4 Å². The average Bonchev–Trinajstić information content (AvgIpc) is 3.19. The van der Waals surface area contributed by atoms with E-state index in [1.807, 2.05) is 25.1 Å². The summed E-state index contributed by atoms with van der Waals surface area (Å²) in [6.07, 6.45) is 0. The maximum atomic E-state index is 13.0. The van der Waals surface area contributed by atoms with Crippen LogP contribution in [0.4, 0.5) is 5.82 Å². The van der Waals surface area contributed by atoms with E-state index in [1.54, 1.807) is 24.0 Å². The number of hydrogen-bond donors (Lipinski definition) is 1. The number of benzene rings is 1. The molecule has 28 heavy (non-hydrogen) atoms. The minimum atomic E-state index is -0.345. The number of nitrogens with zero attached hydrogens (tertiary/aromatic N) is 3. The van der Waals surface area contributed by atoms with Gasteiger partial charge in [-0.3, -0.25) is 9.59 Å². The Kier molecular flexibility index (Phi) is 4.87. The molecular weight excluding hydrogens is 396 g/mol. The minimum Gasteiger partial charge on any atom is -0.328 e. The van der Waals surface area contributed by atoms with Crippen LogP contribution < -0.4 is 5.32 Å². The average molecular weight is 413 g/mol. The van der Waals surface area contributed by atoms with Gasteiger partial charge in [0.25, 0.3) is 11.8 Å². The number of anilines is 1. The van der Waals surface area contributed by atoms with E-state index >= 15 is 0 Å². The van der Waals surface area contributed by atoms with E-state index in [-0.39, 0.29) is 17.6 Å². The predicted molar refractivity (Wildman–Crippen MR) is 109 cm³/mol. The summed E-state index contributed by atoms with van der Waals surface area (Å²) in [5.74, 6) is 0.218. The van der Waals surface area contributed by atoms with E-state index in [0.717, 1.165) is 11.1 Å². The monoisotopic (exact) mass is 412 g/mol. The molecule has 1 aliphatic rings. The third-order valence-electron chi connectivity index (χ3n) is 4.42. The zero-order valence-corrected chi connectivity index (χ0v) is 16.9. The smallest absolute Gasteiger partial charge is 0.266 e. The second kappa shape index (κ2) is 7.33. The molecule has 1 aliphatic heterocycles. The molecule has 2 amide bonds. The minimum absolute atomic E-state index is 0.184.